The van der Waals surface area contributed by atoms with Crippen LogP contribution in [0.4, 0.5) is 0 Å². The van der Waals surface area contributed by atoms with E-state index in [0.29, 0.717) is 13.1 Å². The van der Waals surface area contributed by atoms with Crippen LogP contribution in [0.1, 0.15) is 26.7 Å². The highest BCUT2D eigenvalue weighted by Gasteiger charge is 2.39. The predicted octanol–water partition coefficient (Wildman–Crippen LogP) is 0.00920. The van der Waals surface area contributed by atoms with E-state index in [1.54, 1.807) is 8.61 Å². The molecule has 0 spiro atoms. The molecule has 1 N–H and O–H groups in total. The molecule has 6 heteroatoms. The highest BCUT2D eigenvalue weighted by Crippen LogP contribution is 2.23. The number of hydrogen-bond donors (Lipinski definition) is 1. The second-order valence-electron chi connectivity index (χ2n) is 4.82. The van der Waals surface area contributed by atoms with Gasteiger partial charge in [0.25, 0.3) is 10.2 Å². The zero-order chi connectivity index (χ0) is 11.8. The largest absolute Gasteiger partial charge is 0.315 e. The van der Waals surface area contributed by atoms with Crippen molar-refractivity contribution in [1.82, 2.24) is 13.9 Å². The maximum atomic E-state index is 12.4. The highest BCUT2D eigenvalue weighted by atomic mass is 32.2. The molecular weight excluding hydrogens is 226 g/mol. The summed E-state index contributed by atoms with van der Waals surface area (Å²) in [5, 5.41) is 3.23. The molecule has 0 unspecified atom stereocenters. The Morgan fingerprint density at radius 3 is 2.62 bits per heavy atom. The molecule has 0 bridgehead atoms. The van der Waals surface area contributed by atoms with Crippen LogP contribution in [0.25, 0.3) is 0 Å². The lowest BCUT2D eigenvalue weighted by atomic mass is 10.2. The van der Waals surface area contributed by atoms with Gasteiger partial charge < -0.3 is 5.32 Å². The van der Waals surface area contributed by atoms with Crippen molar-refractivity contribution >= 4 is 10.2 Å². The zero-order valence-corrected chi connectivity index (χ0v) is 10.8. The first-order chi connectivity index (χ1) is 7.53. The number of rotatable bonds is 2. The van der Waals surface area contributed by atoms with Crippen LogP contribution < -0.4 is 5.32 Å². The molecule has 0 aromatic carbocycles. The van der Waals surface area contributed by atoms with E-state index in [0.717, 1.165) is 25.9 Å². The first-order valence-electron chi connectivity index (χ1n) is 6.03. The van der Waals surface area contributed by atoms with Crippen molar-refractivity contribution < 1.29 is 8.42 Å². The van der Waals surface area contributed by atoms with Gasteiger partial charge in [0.2, 0.25) is 0 Å². The molecule has 0 aliphatic carbocycles. The standard InChI is InChI=1S/C10H21N3O2S/c1-9(2)12-6-3-7-13(16(12,14)15)10-4-5-11-8-10/h9-11H,3-8H2,1-2H3/t10-/m0/s1. The van der Waals surface area contributed by atoms with Crippen LogP contribution in [0.3, 0.4) is 0 Å². The summed E-state index contributed by atoms with van der Waals surface area (Å²) in [5.41, 5.74) is 0. The van der Waals surface area contributed by atoms with E-state index in [4.69, 9.17) is 0 Å². The van der Waals surface area contributed by atoms with E-state index in [9.17, 15) is 8.42 Å². The lowest BCUT2D eigenvalue weighted by molar-refractivity contribution is 0.227. The van der Waals surface area contributed by atoms with Crippen LogP contribution in [0.5, 0.6) is 0 Å². The van der Waals surface area contributed by atoms with Crippen molar-refractivity contribution in [3.05, 3.63) is 0 Å². The fourth-order valence-corrected chi connectivity index (χ4v) is 4.61. The van der Waals surface area contributed by atoms with E-state index >= 15 is 0 Å². The van der Waals surface area contributed by atoms with Gasteiger partial charge in [0.05, 0.1) is 0 Å². The van der Waals surface area contributed by atoms with Gasteiger partial charge in [-0.25, -0.2) is 0 Å². The fourth-order valence-electron chi connectivity index (χ4n) is 2.53. The normalized spacial score (nSPS) is 32.3. The minimum atomic E-state index is -3.22. The van der Waals surface area contributed by atoms with E-state index < -0.39 is 10.2 Å². The van der Waals surface area contributed by atoms with E-state index in [1.165, 1.54) is 0 Å². The average Bonchev–Trinajstić information content (AvgIpc) is 2.68. The Morgan fingerprint density at radius 2 is 2.06 bits per heavy atom. The molecule has 1 atom stereocenters. The van der Waals surface area contributed by atoms with E-state index in [2.05, 4.69) is 5.32 Å². The van der Waals surface area contributed by atoms with E-state index in [-0.39, 0.29) is 12.1 Å². The minimum absolute atomic E-state index is 0.0576. The zero-order valence-electron chi connectivity index (χ0n) is 10.0. The van der Waals surface area contributed by atoms with Crippen molar-refractivity contribution in [3.63, 3.8) is 0 Å². The number of nitrogens with zero attached hydrogens (tertiary/aromatic N) is 2. The topological polar surface area (TPSA) is 52.6 Å². The lowest BCUT2D eigenvalue weighted by Gasteiger charge is -2.39. The van der Waals surface area contributed by atoms with Gasteiger partial charge in [-0.15, -0.1) is 0 Å². The molecule has 2 aliphatic heterocycles. The monoisotopic (exact) mass is 247 g/mol. The summed E-state index contributed by atoms with van der Waals surface area (Å²) in [4.78, 5) is 0. The molecule has 2 rings (SSSR count). The summed E-state index contributed by atoms with van der Waals surface area (Å²) in [5.74, 6) is 0. The predicted molar refractivity (Wildman–Crippen MR) is 63.4 cm³/mol. The Bertz CT molecular complexity index is 336. The van der Waals surface area contributed by atoms with Crippen LogP contribution in [0.15, 0.2) is 0 Å². The molecule has 0 radical (unpaired) electrons. The van der Waals surface area contributed by atoms with Gasteiger partial charge in [-0.1, -0.05) is 0 Å². The molecule has 0 saturated carbocycles. The van der Waals surface area contributed by atoms with Gasteiger partial charge in [-0.05, 0) is 33.2 Å². The molecule has 94 valence electrons. The summed E-state index contributed by atoms with van der Waals surface area (Å²) in [6, 6.07) is 0.216. The molecule has 2 heterocycles. The summed E-state index contributed by atoms with van der Waals surface area (Å²) < 4.78 is 28.0. The molecule has 2 fully saturated rings. The van der Waals surface area contributed by atoms with Gasteiger partial charge in [0.1, 0.15) is 0 Å². The van der Waals surface area contributed by atoms with Crippen molar-refractivity contribution in [1.29, 1.82) is 0 Å². The average molecular weight is 247 g/mol. The minimum Gasteiger partial charge on any atom is -0.315 e. The van der Waals surface area contributed by atoms with Crippen molar-refractivity contribution in [3.8, 4) is 0 Å². The highest BCUT2D eigenvalue weighted by molar-refractivity contribution is 7.86. The first-order valence-corrected chi connectivity index (χ1v) is 7.42. The van der Waals surface area contributed by atoms with Crippen molar-refractivity contribution in [2.75, 3.05) is 26.2 Å². The van der Waals surface area contributed by atoms with Crippen LogP contribution in [-0.4, -0.2) is 55.3 Å². The van der Waals surface area contributed by atoms with Gasteiger partial charge in [0.15, 0.2) is 0 Å². The Labute approximate surface area is 98.0 Å². The molecule has 16 heavy (non-hydrogen) atoms. The first kappa shape index (κ1) is 12.3. The molecule has 0 aromatic heterocycles. The third-order valence-electron chi connectivity index (χ3n) is 3.37. The van der Waals surface area contributed by atoms with Crippen molar-refractivity contribution in [2.24, 2.45) is 0 Å². The Hall–Kier alpha value is -0.170. The molecule has 2 saturated heterocycles. The number of nitrogens with one attached hydrogen (secondary N) is 1. The van der Waals surface area contributed by atoms with Crippen LogP contribution in [-0.2, 0) is 10.2 Å². The second-order valence-corrected chi connectivity index (χ2v) is 6.66. The Kier molecular flexibility index (Phi) is 3.53. The van der Waals surface area contributed by atoms with Crippen LogP contribution >= 0.6 is 0 Å². The van der Waals surface area contributed by atoms with Crippen LogP contribution in [0, 0.1) is 0 Å². The third-order valence-corrected chi connectivity index (χ3v) is 5.64. The molecular formula is C10H21N3O2S. The Balaban J connectivity index is 2.19. The maximum Gasteiger partial charge on any atom is 0.282 e. The van der Waals surface area contributed by atoms with Gasteiger partial charge in [-0.3, -0.25) is 0 Å². The van der Waals surface area contributed by atoms with Gasteiger partial charge in [-0.2, -0.15) is 17.0 Å². The molecule has 5 nitrogen and oxygen atoms in total. The fraction of sp³-hybridized carbons (Fsp3) is 1.00. The SMILES string of the molecule is CC(C)N1CCCN([C@H]2CCNC2)S1(=O)=O. The quantitative estimate of drug-likeness (QED) is 0.748. The summed E-state index contributed by atoms with van der Waals surface area (Å²) in [7, 11) is -3.22. The van der Waals surface area contributed by atoms with Crippen molar-refractivity contribution in [2.45, 2.75) is 38.8 Å². The van der Waals surface area contributed by atoms with Crippen LogP contribution in [0.2, 0.25) is 0 Å². The van der Waals surface area contributed by atoms with E-state index in [1.807, 2.05) is 13.8 Å². The summed E-state index contributed by atoms with van der Waals surface area (Å²) in [6.07, 6.45) is 1.87. The maximum absolute atomic E-state index is 12.4. The molecule has 0 amide bonds. The van der Waals surface area contributed by atoms with Gasteiger partial charge in [0, 0.05) is 31.7 Å². The lowest BCUT2D eigenvalue weighted by Crippen LogP contribution is -2.55. The summed E-state index contributed by atoms with van der Waals surface area (Å²) >= 11 is 0. The summed E-state index contributed by atoms with van der Waals surface area (Å²) in [6.45, 7) is 6.94. The number of hydrogen-bond acceptors (Lipinski definition) is 3. The molecule has 2 aliphatic rings. The van der Waals surface area contributed by atoms with Gasteiger partial charge >= 0.3 is 0 Å². The third kappa shape index (κ3) is 2.11. The molecule has 0 aromatic rings. The Morgan fingerprint density at radius 1 is 1.31 bits per heavy atom. The smallest absolute Gasteiger partial charge is 0.282 e. The second kappa shape index (κ2) is 4.60.